The number of rotatable bonds is 2. The fourth-order valence-corrected chi connectivity index (χ4v) is 3.00. The third kappa shape index (κ3) is 3.68. The fraction of sp³-hybridized carbons (Fsp3) is 0.923. The summed E-state index contributed by atoms with van der Waals surface area (Å²) in [6.45, 7) is 0. The molecule has 0 spiro atoms. The Balaban J connectivity index is 1.76. The minimum absolute atomic E-state index is 0.116. The molecule has 0 aromatic carbocycles. The molecule has 98 valence electrons. The Morgan fingerprint density at radius 1 is 1.12 bits per heavy atom. The Hall–Kier alpha value is -0.610. The fourth-order valence-electron chi connectivity index (χ4n) is 3.00. The average molecular weight is 240 g/mol. The standard InChI is InChI=1S/C13H24N2O2/c14-10-3-1-2-9(8-10)13(17)15-11-4-6-12(16)7-5-11/h9-12,16H,1-8,14H2,(H,15,17). The summed E-state index contributed by atoms with van der Waals surface area (Å²) in [6.07, 6.45) is 7.23. The summed E-state index contributed by atoms with van der Waals surface area (Å²) in [7, 11) is 0. The predicted molar refractivity (Wildman–Crippen MR) is 66.3 cm³/mol. The molecule has 2 atom stereocenters. The number of aliphatic hydroxyl groups excluding tert-OH is 1. The van der Waals surface area contributed by atoms with Gasteiger partial charge in [0.05, 0.1) is 6.10 Å². The minimum atomic E-state index is -0.161. The van der Waals surface area contributed by atoms with E-state index in [1.807, 2.05) is 0 Å². The number of nitrogens with two attached hydrogens (primary N) is 1. The van der Waals surface area contributed by atoms with Crippen LogP contribution in [0, 0.1) is 5.92 Å². The van der Waals surface area contributed by atoms with Crippen molar-refractivity contribution in [1.29, 1.82) is 0 Å². The molecule has 0 aliphatic heterocycles. The summed E-state index contributed by atoms with van der Waals surface area (Å²) in [4.78, 5) is 12.1. The van der Waals surface area contributed by atoms with Crippen LogP contribution in [0.5, 0.6) is 0 Å². The number of carbonyl (C=O) groups excluding carboxylic acids is 1. The highest BCUT2D eigenvalue weighted by atomic mass is 16.3. The number of nitrogens with one attached hydrogen (secondary N) is 1. The molecule has 2 fully saturated rings. The quantitative estimate of drug-likeness (QED) is 0.672. The van der Waals surface area contributed by atoms with Crippen LogP contribution in [-0.2, 0) is 4.79 Å². The summed E-state index contributed by atoms with van der Waals surface area (Å²) < 4.78 is 0. The van der Waals surface area contributed by atoms with Gasteiger partial charge in [-0.15, -0.1) is 0 Å². The molecule has 0 radical (unpaired) electrons. The maximum Gasteiger partial charge on any atom is 0.223 e. The zero-order valence-corrected chi connectivity index (χ0v) is 10.4. The van der Waals surface area contributed by atoms with Crippen LogP contribution in [0.1, 0.15) is 51.4 Å². The van der Waals surface area contributed by atoms with Gasteiger partial charge in [-0.25, -0.2) is 0 Å². The summed E-state index contributed by atoms with van der Waals surface area (Å²) >= 11 is 0. The van der Waals surface area contributed by atoms with E-state index >= 15 is 0 Å². The first kappa shape index (κ1) is 12.8. The number of aliphatic hydroxyl groups is 1. The Morgan fingerprint density at radius 3 is 2.47 bits per heavy atom. The molecule has 2 aliphatic carbocycles. The van der Waals surface area contributed by atoms with E-state index in [4.69, 9.17) is 5.73 Å². The van der Waals surface area contributed by atoms with E-state index in [-0.39, 0.29) is 30.0 Å². The van der Waals surface area contributed by atoms with Gasteiger partial charge in [-0.05, 0) is 44.9 Å². The molecule has 17 heavy (non-hydrogen) atoms. The Labute approximate surface area is 103 Å². The lowest BCUT2D eigenvalue weighted by molar-refractivity contribution is -0.127. The van der Waals surface area contributed by atoms with E-state index in [1.54, 1.807) is 0 Å². The van der Waals surface area contributed by atoms with Crippen LogP contribution < -0.4 is 11.1 Å². The van der Waals surface area contributed by atoms with Gasteiger partial charge in [0.1, 0.15) is 0 Å². The highest BCUT2D eigenvalue weighted by Crippen LogP contribution is 2.24. The third-order valence-corrected chi connectivity index (χ3v) is 4.13. The number of hydrogen-bond donors (Lipinski definition) is 3. The van der Waals surface area contributed by atoms with Crippen molar-refractivity contribution in [1.82, 2.24) is 5.32 Å². The molecule has 4 N–H and O–H groups in total. The normalized spacial score (nSPS) is 38.7. The van der Waals surface area contributed by atoms with Crippen molar-refractivity contribution >= 4 is 5.91 Å². The van der Waals surface area contributed by atoms with Crippen LogP contribution in [-0.4, -0.2) is 29.2 Å². The van der Waals surface area contributed by atoms with Gasteiger partial charge >= 0.3 is 0 Å². The second-order valence-electron chi connectivity index (χ2n) is 5.64. The maximum atomic E-state index is 12.1. The highest BCUT2D eigenvalue weighted by Gasteiger charge is 2.28. The largest absolute Gasteiger partial charge is 0.393 e. The lowest BCUT2D eigenvalue weighted by Gasteiger charge is -2.30. The van der Waals surface area contributed by atoms with Gasteiger partial charge in [0, 0.05) is 18.0 Å². The van der Waals surface area contributed by atoms with Crippen molar-refractivity contribution in [2.24, 2.45) is 11.7 Å². The van der Waals surface area contributed by atoms with Crippen LogP contribution in [0.3, 0.4) is 0 Å². The second kappa shape index (κ2) is 5.83. The number of hydrogen-bond acceptors (Lipinski definition) is 3. The lowest BCUT2D eigenvalue weighted by Crippen LogP contribution is -2.44. The second-order valence-corrected chi connectivity index (χ2v) is 5.64. The van der Waals surface area contributed by atoms with Gasteiger partial charge in [-0.2, -0.15) is 0 Å². The zero-order valence-electron chi connectivity index (χ0n) is 10.4. The van der Waals surface area contributed by atoms with Crippen LogP contribution in [0.2, 0.25) is 0 Å². The van der Waals surface area contributed by atoms with Gasteiger partial charge in [0.2, 0.25) is 5.91 Å². The SMILES string of the molecule is NC1CCCC(C(=O)NC2CCC(O)CC2)C1. The van der Waals surface area contributed by atoms with Crippen molar-refractivity contribution < 1.29 is 9.90 Å². The summed E-state index contributed by atoms with van der Waals surface area (Å²) in [6, 6.07) is 0.469. The molecule has 4 nitrogen and oxygen atoms in total. The van der Waals surface area contributed by atoms with Gasteiger partial charge in [-0.3, -0.25) is 4.79 Å². The molecule has 0 bridgehead atoms. The molecule has 4 heteroatoms. The molecule has 1 amide bonds. The molecule has 2 unspecified atom stereocenters. The van der Waals surface area contributed by atoms with Gasteiger partial charge < -0.3 is 16.2 Å². The van der Waals surface area contributed by atoms with E-state index in [1.165, 1.54) is 0 Å². The van der Waals surface area contributed by atoms with Crippen LogP contribution in [0.15, 0.2) is 0 Å². The van der Waals surface area contributed by atoms with Crippen molar-refractivity contribution in [3.63, 3.8) is 0 Å². The lowest BCUT2D eigenvalue weighted by atomic mass is 9.85. The average Bonchev–Trinajstić information content (AvgIpc) is 2.32. The van der Waals surface area contributed by atoms with E-state index < -0.39 is 0 Å². The van der Waals surface area contributed by atoms with Crippen molar-refractivity contribution in [3.05, 3.63) is 0 Å². The zero-order chi connectivity index (χ0) is 12.3. The van der Waals surface area contributed by atoms with E-state index in [0.717, 1.165) is 51.4 Å². The van der Waals surface area contributed by atoms with Gasteiger partial charge in [-0.1, -0.05) is 6.42 Å². The van der Waals surface area contributed by atoms with Crippen molar-refractivity contribution in [3.8, 4) is 0 Å². The first-order chi connectivity index (χ1) is 8.15. The minimum Gasteiger partial charge on any atom is -0.393 e. The molecule has 2 saturated carbocycles. The molecule has 0 aromatic heterocycles. The van der Waals surface area contributed by atoms with Crippen LogP contribution >= 0.6 is 0 Å². The Kier molecular flexibility index (Phi) is 4.40. The molecule has 2 rings (SSSR count). The molecule has 0 heterocycles. The first-order valence-electron chi connectivity index (χ1n) is 6.89. The summed E-state index contributed by atoms with van der Waals surface area (Å²) in [5.41, 5.74) is 5.90. The van der Waals surface area contributed by atoms with E-state index in [9.17, 15) is 9.90 Å². The molecule has 0 aromatic rings. The van der Waals surface area contributed by atoms with Crippen molar-refractivity contribution in [2.45, 2.75) is 69.6 Å². The smallest absolute Gasteiger partial charge is 0.223 e. The van der Waals surface area contributed by atoms with E-state index in [0.29, 0.717) is 0 Å². The van der Waals surface area contributed by atoms with Gasteiger partial charge in [0.15, 0.2) is 0 Å². The topological polar surface area (TPSA) is 75.4 Å². The molecular formula is C13H24N2O2. The van der Waals surface area contributed by atoms with Crippen LogP contribution in [0.4, 0.5) is 0 Å². The highest BCUT2D eigenvalue weighted by molar-refractivity contribution is 5.79. The molecule has 0 saturated heterocycles. The van der Waals surface area contributed by atoms with Crippen LogP contribution in [0.25, 0.3) is 0 Å². The third-order valence-electron chi connectivity index (χ3n) is 4.13. The Bertz CT molecular complexity index is 262. The first-order valence-corrected chi connectivity index (χ1v) is 6.89. The van der Waals surface area contributed by atoms with Crippen molar-refractivity contribution in [2.75, 3.05) is 0 Å². The number of carbonyl (C=O) groups is 1. The predicted octanol–water partition coefficient (Wildman–Crippen LogP) is 0.924. The van der Waals surface area contributed by atoms with E-state index in [2.05, 4.69) is 5.32 Å². The molecule has 2 aliphatic rings. The summed E-state index contributed by atoms with van der Waals surface area (Å²) in [5.74, 6) is 0.298. The Morgan fingerprint density at radius 2 is 1.82 bits per heavy atom. The number of amides is 1. The van der Waals surface area contributed by atoms with Gasteiger partial charge in [0.25, 0.3) is 0 Å². The molecular weight excluding hydrogens is 216 g/mol. The monoisotopic (exact) mass is 240 g/mol. The summed E-state index contributed by atoms with van der Waals surface area (Å²) in [5, 5.41) is 12.5. The maximum absolute atomic E-state index is 12.1.